The van der Waals surface area contributed by atoms with Gasteiger partial charge in [0, 0.05) is 13.3 Å². The van der Waals surface area contributed by atoms with E-state index in [1.165, 1.54) is 6.26 Å². The number of fused-ring (bicyclic) bond motifs is 1. The van der Waals surface area contributed by atoms with E-state index in [0.29, 0.717) is 13.0 Å². The summed E-state index contributed by atoms with van der Waals surface area (Å²) in [4.78, 5) is 4.62. The highest BCUT2D eigenvalue weighted by atomic mass is 32.2. The standard InChI is InChI=1S/C14H21N3O2S/c1-11(15-9-6-10-20(3,18)19)14-16-12-7-4-5-8-13(12)17(14)2/h4-5,7-8,11,15H,6,9-10H2,1-3H3. The van der Waals surface area contributed by atoms with Crippen LogP contribution in [0.25, 0.3) is 11.0 Å². The van der Waals surface area contributed by atoms with Crippen LogP contribution in [0, 0.1) is 0 Å². The lowest BCUT2D eigenvalue weighted by Crippen LogP contribution is -2.24. The largest absolute Gasteiger partial charge is 0.330 e. The lowest BCUT2D eigenvalue weighted by molar-refractivity contribution is 0.529. The Morgan fingerprint density at radius 1 is 1.35 bits per heavy atom. The van der Waals surface area contributed by atoms with E-state index in [1.54, 1.807) is 0 Å². The summed E-state index contributed by atoms with van der Waals surface area (Å²) in [5, 5.41) is 3.33. The van der Waals surface area contributed by atoms with E-state index in [2.05, 4.69) is 14.9 Å². The van der Waals surface area contributed by atoms with Crippen molar-refractivity contribution in [3.63, 3.8) is 0 Å². The first-order valence-electron chi connectivity index (χ1n) is 6.71. The van der Waals surface area contributed by atoms with Crippen LogP contribution >= 0.6 is 0 Å². The number of rotatable bonds is 6. The van der Waals surface area contributed by atoms with E-state index in [4.69, 9.17) is 0 Å². The van der Waals surface area contributed by atoms with Crippen molar-refractivity contribution in [1.29, 1.82) is 0 Å². The number of para-hydroxylation sites is 2. The van der Waals surface area contributed by atoms with Crippen LogP contribution in [0.3, 0.4) is 0 Å². The van der Waals surface area contributed by atoms with Gasteiger partial charge in [-0.25, -0.2) is 13.4 Å². The number of sulfone groups is 1. The Labute approximate surface area is 119 Å². The van der Waals surface area contributed by atoms with Gasteiger partial charge in [-0.2, -0.15) is 0 Å². The van der Waals surface area contributed by atoms with E-state index in [-0.39, 0.29) is 11.8 Å². The fraction of sp³-hybridized carbons (Fsp3) is 0.500. The van der Waals surface area contributed by atoms with E-state index in [1.807, 2.05) is 38.2 Å². The number of hydrogen-bond donors (Lipinski definition) is 1. The molecular weight excluding hydrogens is 274 g/mol. The van der Waals surface area contributed by atoms with Gasteiger partial charge in [0.2, 0.25) is 0 Å². The van der Waals surface area contributed by atoms with Crippen molar-refractivity contribution in [2.45, 2.75) is 19.4 Å². The molecule has 2 aromatic rings. The van der Waals surface area contributed by atoms with Gasteiger partial charge in [-0.05, 0) is 32.0 Å². The van der Waals surface area contributed by atoms with Crippen LogP contribution in [0.2, 0.25) is 0 Å². The number of benzene rings is 1. The van der Waals surface area contributed by atoms with Gasteiger partial charge in [0.15, 0.2) is 0 Å². The van der Waals surface area contributed by atoms with Crippen LogP contribution in [-0.2, 0) is 16.9 Å². The summed E-state index contributed by atoms with van der Waals surface area (Å²) in [6.45, 7) is 2.71. The Bertz CT molecular complexity index is 692. The van der Waals surface area contributed by atoms with Gasteiger partial charge >= 0.3 is 0 Å². The minimum absolute atomic E-state index is 0.0898. The predicted molar refractivity (Wildman–Crippen MR) is 81.5 cm³/mol. The fourth-order valence-electron chi connectivity index (χ4n) is 2.30. The molecule has 1 N–H and O–H groups in total. The Hall–Kier alpha value is -1.40. The summed E-state index contributed by atoms with van der Waals surface area (Å²) in [5.41, 5.74) is 2.09. The number of nitrogens with zero attached hydrogens (tertiary/aromatic N) is 2. The SMILES string of the molecule is CC(NCCCS(C)(=O)=O)c1nc2ccccc2n1C. The molecule has 2 rings (SSSR count). The maximum Gasteiger partial charge on any atom is 0.147 e. The molecule has 0 amide bonds. The number of aryl methyl sites for hydroxylation is 1. The third-order valence-electron chi connectivity index (χ3n) is 3.35. The second-order valence-electron chi connectivity index (χ2n) is 5.18. The summed E-state index contributed by atoms with van der Waals surface area (Å²) in [7, 11) is -0.877. The highest BCUT2D eigenvalue weighted by Crippen LogP contribution is 2.18. The van der Waals surface area contributed by atoms with Gasteiger partial charge < -0.3 is 9.88 Å². The number of hydrogen-bond acceptors (Lipinski definition) is 4. The summed E-state index contributed by atoms with van der Waals surface area (Å²) >= 11 is 0. The molecule has 0 radical (unpaired) electrons. The average Bonchev–Trinajstić information content (AvgIpc) is 2.72. The smallest absolute Gasteiger partial charge is 0.147 e. The van der Waals surface area contributed by atoms with Gasteiger partial charge in [-0.15, -0.1) is 0 Å². The van der Waals surface area contributed by atoms with Crippen molar-refractivity contribution < 1.29 is 8.42 Å². The Kier molecular flexibility index (Phi) is 4.45. The molecule has 1 heterocycles. The third kappa shape index (κ3) is 3.58. The van der Waals surface area contributed by atoms with Crippen LogP contribution in [0.1, 0.15) is 25.2 Å². The van der Waals surface area contributed by atoms with Gasteiger partial charge in [-0.3, -0.25) is 0 Å². The second kappa shape index (κ2) is 5.93. The maximum atomic E-state index is 11.1. The molecule has 0 aliphatic rings. The molecule has 20 heavy (non-hydrogen) atoms. The minimum atomic E-state index is -2.88. The van der Waals surface area contributed by atoms with Crippen molar-refractivity contribution >= 4 is 20.9 Å². The van der Waals surface area contributed by atoms with Gasteiger partial charge in [0.05, 0.1) is 22.8 Å². The van der Waals surface area contributed by atoms with E-state index >= 15 is 0 Å². The molecule has 1 unspecified atom stereocenters. The fourth-order valence-corrected chi connectivity index (χ4v) is 2.96. The van der Waals surface area contributed by atoms with Crippen LogP contribution in [-0.4, -0.2) is 36.5 Å². The Balaban J connectivity index is 2.01. The molecule has 0 saturated heterocycles. The topological polar surface area (TPSA) is 64.0 Å². The average molecular weight is 295 g/mol. The monoisotopic (exact) mass is 295 g/mol. The Morgan fingerprint density at radius 2 is 2.05 bits per heavy atom. The van der Waals surface area contributed by atoms with Gasteiger partial charge in [0.25, 0.3) is 0 Å². The Morgan fingerprint density at radius 3 is 2.70 bits per heavy atom. The molecular formula is C14H21N3O2S. The molecule has 5 nitrogen and oxygen atoms in total. The first-order valence-corrected chi connectivity index (χ1v) is 8.77. The molecule has 0 spiro atoms. The van der Waals surface area contributed by atoms with Crippen molar-refractivity contribution in [3.05, 3.63) is 30.1 Å². The molecule has 1 aromatic carbocycles. The maximum absolute atomic E-state index is 11.1. The highest BCUT2D eigenvalue weighted by Gasteiger charge is 2.13. The molecule has 1 aromatic heterocycles. The lowest BCUT2D eigenvalue weighted by Gasteiger charge is -2.13. The van der Waals surface area contributed by atoms with Crippen LogP contribution < -0.4 is 5.32 Å². The van der Waals surface area contributed by atoms with E-state index < -0.39 is 9.84 Å². The third-order valence-corrected chi connectivity index (χ3v) is 4.38. The summed E-state index contributed by atoms with van der Waals surface area (Å²) in [5.74, 6) is 1.18. The van der Waals surface area contributed by atoms with E-state index in [9.17, 15) is 8.42 Å². The number of aromatic nitrogens is 2. The molecule has 0 aliphatic heterocycles. The number of imidazole rings is 1. The molecule has 0 saturated carbocycles. The summed E-state index contributed by atoms with van der Waals surface area (Å²) in [6, 6.07) is 8.10. The van der Waals surface area contributed by atoms with Gasteiger partial charge in [0.1, 0.15) is 15.7 Å². The van der Waals surface area contributed by atoms with Crippen LogP contribution in [0.5, 0.6) is 0 Å². The second-order valence-corrected chi connectivity index (χ2v) is 7.44. The van der Waals surface area contributed by atoms with Crippen molar-refractivity contribution in [1.82, 2.24) is 14.9 Å². The first kappa shape index (κ1) is 15.0. The quantitative estimate of drug-likeness (QED) is 0.823. The predicted octanol–water partition coefficient (Wildman–Crippen LogP) is 1.66. The molecule has 110 valence electrons. The molecule has 0 fully saturated rings. The molecule has 1 atom stereocenters. The first-order chi connectivity index (χ1) is 9.38. The van der Waals surface area contributed by atoms with Crippen molar-refractivity contribution in [2.24, 2.45) is 7.05 Å². The van der Waals surface area contributed by atoms with Crippen LogP contribution in [0.4, 0.5) is 0 Å². The zero-order valence-electron chi connectivity index (χ0n) is 12.1. The normalized spacial score (nSPS) is 13.8. The zero-order chi connectivity index (χ0) is 14.8. The number of nitrogens with one attached hydrogen (secondary N) is 1. The van der Waals surface area contributed by atoms with Crippen LogP contribution in [0.15, 0.2) is 24.3 Å². The minimum Gasteiger partial charge on any atom is -0.330 e. The summed E-state index contributed by atoms with van der Waals surface area (Å²) in [6.07, 6.45) is 1.88. The van der Waals surface area contributed by atoms with Crippen molar-refractivity contribution in [2.75, 3.05) is 18.6 Å². The van der Waals surface area contributed by atoms with Gasteiger partial charge in [-0.1, -0.05) is 12.1 Å². The highest BCUT2D eigenvalue weighted by molar-refractivity contribution is 7.90. The van der Waals surface area contributed by atoms with Crippen molar-refractivity contribution in [3.8, 4) is 0 Å². The summed E-state index contributed by atoms with van der Waals surface area (Å²) < 4.78 is 24.2. The lowest BCUT2D eigenvalue weighted by atomic mass is 10.3. The van der Waals surface area contributed by atoms with E-state index in [0.717, 1.165) is 16.9 Å². The molecule has 0 aliphatic carbocycles. The molecule has 0 bridgehead atoms. The molecule has 6 heteroatoms. The zero-order valence-corrected chi connectivity index (χ0v) is 12.9.